The van der Waals surface area contributed by atoms with E-state index in [0.717, 1.165) is 36.3 Å². The molecule has 4 heteroatoms. The lowest BCUT2D eigenvalue weighted by atomic mass is 10.00. The predicted octanol–water partition coefficient (Wildman–Crippen LogP) is 2.79. The van der Waals surface area contributed by atoms with Gasteiger partial charge in [-0.3, -0.25) is 4.79 Å². The highest BCUT2D eigenvalue weighted by Crippen LogP contribution is 2.25. The Balaban J connectivity index is 2.05. The van der Waals surface area contributed by atoms with E-state index in [9.17, 15) is 4.79 Å². The first kappa shape index (κ1) is 11.5. The van der Waals surface area contributed by atoms with E-state index in [1.165, 1.54) is 11.3 Å². The fraction of sp³-hybridized carbons (Fsp3) is 0.357. The number of aromatic nitrogens is 1. The maximum Gasteiger partial charge on any atom is 0.268 e. The van der Waals surface area contributed by atoms with Gasteiger partial charge in [-0.15, -0.1) is 0 Å². The topological polar surface area (TPSA) is 31.2 Å². The zero-order chi connectivity index (χ0) is 12.5. The zero-order valence-electron chi connectivity index (χ0n) is 10.3. The van der Waals surface area contributed by atoms with Crippen LogP contribution in [-0.2, 0) is 12.8 Å². The van der Waals surface area contributed by atoms with E-state index < -0.39 is 0 Å². The Labute approximate surface area is 110 Å². The lowest BCUT2D eigenvalue weighted by Crippen LogP contribution is -2.16. The van der Waals surface area contributed by atoms with E-state index in [4.69, 9.17) is 4.74 Å². The first-order valence-electron chi connectivity index (χ1n) is 6.18. The van der Waals surface area contributed by atoms with Gasteiger partial charge in [-0.25, -0.2) is 3.96 Å². The largest absolute Gasteiger partial charge is 0.497 e. The lowest BCUT2D eigenvalue weighted by Gasteiger charge is -2.06. The van der Waals surface area contributed by atoms with Gasteiger partial charge in [0.25, 0.3) is 5.56 Å². The third kappa shape index (κ3) is 1.86. The number of aryl methyl sites for hydroxylation is 1. The smallest absolute Gasteiger partial charge is 0.268 e. The van der Waals surface area contributed by atoms with Gasteiger partial charge >= 0.3 is 0 Å². The van der Waals surface area contributed by atoms with Crippen LogP contribution < -0.4 is 10.3 Å². The van der Waals surface area contributed by atoms with E-state index in [-0.39, 0.29) is 5.56 Å². The maximum absolute atomic E-state index is 12.3. The van der Waals surface area contributed by atoms with Crippen molar-refractivity contribution in [1.82, 2.24) is 3.96 Å². The van der Waals surface area contributed by atoms with Crippen molar-refractivity contribution in [2.24, 2.45) is 0 Å². The lowest BCUT2D eigenvalue weighted by molar-refractivity contribution is 0.415. The van der Waals surface area contributed by atoms with Gasteiger partial charge in [-0.05, 0) is 49.9 Å². The molecule has 0 spiro atoms. The Hall–Kier alpha value is -1.55. The van der Waals surface area contributed by atoms with Crippen molar-refractivity contribution >= 4 is 11.5 Å². The summed E-state index contributed by atoms with van der Waals surface area (Å²) >= 11 is 1.59. The van der Waals surface area contributed by atoms with Crippen LogP contribution in [0.5, 0.6) is 5.75 Å². The average Bonchev–Trinajstić information content (AvgIpc) is 2.77. The first-order chi connectivity index (χ1) is 8.79. The number of hydrogen-bond donors (Lipinski definition) is 0. The minimum absolute atomic E-state index is 0.167. The second kappa shape index (κ2) is 4.61. The van der Waals surface area contributed by atoms with Gasteiger partial charge in [0.2, 0.25) is 0 Å². The molecule has 0 radical (unpaired) electrons. The third-order valence-electron chi connectivity index (χ3n) is 3.37. The van der Waals surface area contributed by atoms with Crippen LogP contribution in [0.2, 0.25) is 0 Å². The van der Waals surface area contributed by atoms with Gasteiger partial charge in [-0.2, -0.15) is 0 Å². The molecule has 1 aromatic heterocycles. The van der Waals surface area contributed by atoms with E-state index in [1.54, 1.807) is 22.6 Å². The van der Waals surface area contributed by atoms with Crippen LogP contribution in [0.4, 0.5) is 0 Å². The number of methoxy groups -OCH3 is 1. The summed E-state index contributed by atoms with van der Waals surface area (Å²) in [6.07, 6.45) is 4.34. The summed E-state index contributed by atoms with van der Waals surface area (Å²) in [7, 11) is 1.64. The predicted molar refractivity (Wildman–Crippen MR) is 73.1 cm³/mol. The van der Waals surface area contributed by atoms with Crippen molar-refractivity contribution in [3.63, 3.8) is 0 Å². The fourth-order valence-corrected chi connectivity index (χ4v) is 3.54. The van der Waals surface area contributed by atoms with Crippen LogP contribution in [0.3, 0.4) is 0 Å². The summed E-state index contributed by atoms with van der Waals surface area (Å²) in [5.41, 5.74) is 2.13. The monoisotopic (exact) mass is 261 g/mol. The minimum Gasteiger partial charge on any atom is -0.497 e. The Morgan fingerprint density at radius 3 is 2.56 bits per heavy atom. The molecule has 18 heavy (non-hydrogen) atoms. The van der Waals surface area contributed by atoms with Gasteiger partial charge in [0.05, 0.1) is 12.8 Å². The van der Waals surface area contributed by atoms with E-state index in [2.05, 4.69) is 0 Å². The van der Waals surface area contributed by atoms with Gasteiger partial charge in [0.15, 0.2) is 0 Å². The van der Waals surface area contributed by atoms with E-state index in [0.29, 0.717) is 0 Å². The summed E-state index contributed by atoms with van der Waals surface area (Å²) in [5.74, 6) is 0.813. The molecule has 0 fully saturated rings. The quantitative estimate of drug-likeness (QED) is 0.832. The van der Waals surface area contributed by atoms with Gasteiger partial charge < -0.3 is 4.74 Å². The SMILES string of the molecule is COc1ccc(-n2sc3c(c2=O)CCCC3)cc1. The molecule has 2 aromatic rings. The maximum atomic E-state index is 12.3. The molecule has 1 heterocycles. The molecule has 0 N–H and O–H groups in total. The molecule has 0 unspecified atom stereocenters. The van der Waals surface area contributed by atoms with Crippen molar-refractivity contribution < 1.29 is 4.74 Å². The molecule has 1 aromatic carbocycles. The van der Waals surface area contributed by atoms with Crippen molar-refractivity contribution in [3.05, 3.63) is 45.1 Å². The molecule has 0 atom stereocenters. The number of benzene rings is 1. The Morgan fingerprint density at radius 2 is 1.89 bits per heavy atom. The summed E-state index contributed by atoms with van der Waals surface area (Å²) < 4.78 is 6.93. The van der Waals surface area contributed by atoms with Gasteiger partial charge in [0.1, 0.15) is 5.75 Å². The Morgan fingerprint density at radius 1 is 1.17 bits per heavy atom. The molecule has 0 bridgehead atoms. The van der Waals surface area contributed by atoms with Crippen LogP contribution in [0, 0.1) is 0 Å². The number of hydrogen-bond acceptors (Lipinski definition) is 3. The van der Waals surface area contributed by atoms with Gasteiger partial charge in [-0.1, -0.05) is 11.5 Å². The minimum atomic E-state index is 0.167. The highest BCUT2D eigenvalue weighted by Gasteiger charge is 2.18. The summed E-state index contributed by atoms with van der Waals surface area (Å²) in [5, 5.41) is 0. The number of rotatable bonds is 2. The zero-order valence-corrected chi connectivity index (χ0v) is 11.1. The Kier molecular flexibility index (Phi) is 2.96. The van der Waals surface area contributed by atoms with Gasteiger partial charge in [0, 0.05) is 10.4 Å². The second-order valence-electron chi connectivity index (χ2n) is 4.50. The molecule has 0 aliphatic heterocycles. The summed E-state index contributed by atoms with van der Waals surface area (Å²) in [4.78, 5) is 13.6. The van der Waals surface area contributed by atoms with Crippen molar-refractivity contribution in [2.45, 2.75) is 25.7 Å². The molecular formula is C14H15NO2S. The highest BCUT2D eigenvalue weighted by molar-refractivity contribution is 7.07. The number of nitrogens with zero attached hydrogens (tertiary/aromatic N) is 1. The molecule has 1 aliphatic carbocycles. The van der Waals surface area contributed by atoms with Crippen LogP contribution in [0.1, 0.15) is 23.3 Å². The highest BCUT2D eigenvalue weighted by atomic mass is 32.1. The molecule has 94 valence electrons. The fourth-order valence-electron chi connectivity index (χ4n) is 2.37. The number of ether oxygens (including phenoxy) is 1. The van der Waals surface area contributed by atoms with Crippen LogP contribution >= 0.6 is 11.5 Å². The first-order valence-corrected chi connectivity index (χ1v) is 6.95. The normalized spacial score (nSPS) is 14.3. The molecular weight excluding hydrogens is 246 g/mol. The molecule has 0 saturated heterocycles. The van der Waals surface area contributed by atoms with Crippen LogP contribution in [0.25, 0.3) is 5.69 Å². The molecule has 0 saturated carbocycles. The van der Waals surface area contributed by atoms with Crippen molar-refractivity contribution in [3.8, 4) is 11.4 Å². The average molecular weight is 261 g/mol. The van der Waals surface area contributed by atoms with E-state index >= 15 is 0 Å². The summed E-state index contributed by atoms with van der Waals surface area (Å²) in [6.45, 7) is 0. The van der Waals surface area contributed by atoms with Crippen LogP contribution in [-0.4, -0.2) is 11.1 Å². The second-order valence-corrected chi connectivity index (χ2v) is 5.54. The summed E-state index contributed by atoms with van der Waals surface area (Å²) in [6, 6.07) is 7.64. The molecule has 0 amide bonds. The van der Waals surface area contributed by atoms with Crippen molar-refractivity contribution in [1.29, 1.82) is 0 Å². The van der Waals surface area contributed by atoms with E-state index in [1.807, 2.05) is 24.3 Å². The number of fused-ring (bicyclic) bond motifs is 1. The third-order valence-corrected chi connectivity index (χ3v) is 4.60. The van der Waals surface area contributed by atoms with Crippen LogP contribution in [0.15, 0.2) is 29.1 Å². The van der Waals surface area contributed by atoms with Crippen molar-refractivity contribution in [2.75, 3.05) is 7.11 Å². The standard InChI is InChI=1S/C14H15NO2S/c1-17-11-8-6-10(7-9-11)15-14(16)12-4-2-3-5-13(12)18-15/h6-9H,2-5H2,1H3. The molecule has 3 rings (SSSR count). The molecule has 1 aliphatic rings. The Bertz CT molecular complexity index is 610. The molecule has 3 nitrogen and oxygen atoms in total.